The van der Waals surface area contributed by atoms with Crippen molar-refractivity contribution < 1.29 is 9.84 Å². The molecule has 0 heterocycles. The Bertz CT molecular complexity index is 402. The molecule has 0 bridgehead atoms. The van der Waals surface area contributed by atoms with Crippen molar-refractivity contribution in [1.82, 2.24) is 5.32 Å². The van der Waals surface area contributed by atoms with E-state index < -0.39 is 6.10 Å². The van der Waals surface area contributed by atoms with Gasteiger partial charge in [0.15, 0.2) is 0 Å². The Morgan fingerprint density at radius 1 is 1.16 bits per heavy atom. The monoisotopic (exact) mass is 265 g/mol. The van der Waals surface area contributed by atoms with Gasteiger partial charge in [0.2, 0.25) is 0 Å². The highest BCUT2D eigenvalue weighted by Gasteiger charge is 2.08. The van der Waals surface area contributed by atoms with Crippen LogP contribution < -0.4 is 10.1 Å². The van der Waals surface area contributed by atoms with Crippen molar-refractivity contribution in [2.45, 2.75) is 40.7 Å². The average molecular weight is 265 g/mol. The van der Waals surface area contributed by atoms with Gasteiger partial charge in [-0.3, -0.25) is 0 Å². The minimum atomic E-state index is -0.473. The first-order valence-corrected chi connectivity index (χ1v) is 6.99. The second kappa shape index (κ2) is 7.51. The summed E-state index contributed by atoms with van der Waals surface area (Å²) in [7, 11) is 0. The van der Waals surface area contributed by atoms with E-state index >= 15 is 0 Å². The maximum absolute atomic E-state index is 9.87. The Hall–Kier alpha value is -1.06. The Labute approximate surface area is 117 Å². The lowest BCUT2D eigenvalue weighted by Gasteiger charge is -2.16. The van der Waals surface area contributed by atoms with Crippen LogP contribution in [0.2, 0.25) is 0 Å². The standard InChI is InChI=1S/C16H27NO2/c1-11(2)8-17-9-15(18)10-19-16-7-12(3)6-13(4)14(16)5/h6-7,11,15,17-18H,8-10H2,1-5H3/t15-/m0/s1. The molecular weight excluding hydrogens is 238 g/mol. The zero-order chi connectivity index (χ0) is 14.4. The SMILES string of the molecule is Cc1cc(C)c(C)c(OC[C@@H](O)CNCC(C)C)c1. The third-order valence-electron chi connectivity index (χ3n) is 3.13. The molecule has 0 fully saturated rings. The van der Waals surface area contributed by atoms with Gasteiger partial charge in [-0.15, -0.1) is 0 Å². The fraction of sp³-hybridized carbons (Fsp3) is 0.625. The molecule has 0 saturated heterocycles. The molecule has 19 heavy (non-hydrogen) atoms. The molecule has 3 heteroatoms. The van der Waals surface area contributed by atoms with Crippen LogP contribution in [0.5, 0.6) is 5.75 Å². The predicted octanol–water partition coefficient (Wildman–Crippen LogP) is 2.60. The van der Waals surface area contributed by atoms with Gasteiger partial charge in [0.05, 0.1) is 0 Å². The Balaban J connectivity index is 2.44. The van der Waals surface area contributed by atoms with Gasteiger partial charge in [-0.05, 0) is 56.0 Å². The normalized spacial score (nSPS) is 12.8. The number of benzene rings is 1. The van der Waals surface area contributed by atoms with E-state index in [0.717, 1.165) is 17.9 Å². The second-order valence-corrected chi connectivity index (χ2v) is 5.72. The zero-order valence-electron chi connectivity index (χ0n) is 12.8. The summed E-state index contributed by atoms with van der Waals surface area (Å²) in [5, 5.41) is 13.1. The van der Waals surface area contributed by atoms with Crippen LogP contribution in [0.4, 0.5) is 0 Å². The maximum atomic E-state index is 9.87. The van der Waals surface area contributed by atoms with Crippen molar-refractivity contribution in [3.8, 4) is 5.75 Å². The van der Waals surface area contributed by atoms with E-state index in [2.05, 4.69) is 39.1 Å². The minimum absolute atomic E-state index is 0.328. The van der Waals surface area contributed by atoms with E-state index in [1.54, 1.807) is 0 Å². The maximum Gasteiger partial charge on any atom is 0.122 e. The summed E-state index contributed by atoms with van der Waals surface area (Å²) in [6.07, 6.45) is -0.473. The third kappa shape index (κ3) is 5.62. The van der Waals surface area contributed by atoms with Crippen molar-refractivity contribution >= 4 is 0 Å². The highest BCUT2D eigenvalue weighted by Crippen LogP contribution is 2.23. The first-order valence-electron chi connectivity index (χ1n) is 6.99. The molecule has 0 aliphatic carbocycles. The van der Waals surface area contributed by atoms with E-state index in [0.29, 0.717) is 19.1 Å². The molecule has 108 valence electrons. The molecule has 1 rings (SSSR count). The van der Waals surface area contributed by atoms with E-state index in [1.165, 1.54) is 11.1 Å². The fourth-order valence-corrected chi connectivity index (χ4v) is 1.93. The number of hydrogen-bond acceptors (Lipinski definition) is 3. The Morgan fingerprint density at radius 2 is 1.84 bits per heavy atom. The van der Waals surface area contributed by atoms with Crippen molar-refractivity contribution in [1.29, 1.82) is 0 Å². The van der Waals surface area contributed by atoms with E-state index in [4.69, 9.17) is 4.74 Å². The summed E-state index contributed by atoms with van der Waals surface area (Å²) in [6.45, 7) is 12.3. The summed E-state index contributed by atoms with van der Waals surface area (Å²) < 4.78 is 5.73. The minimum Gasteiger partial charge on any atom is -0.491 e. The van der Waals surface area contributed by atoms with Crippen molar-refractivity contribution in [3.05, 3.63) is 28.8 Å². The molecule has 0 saturated carbocycles. The molecule has 1 aromatic carbocycles. The lowest BCUT2D eigenvalue weighted by atomic mass is 10.1. The molecule has 0 amide bonds. The van der Waals surface area contributed by atoms with Crippen molar-refractivity contribution in [2.24, 2.45) is 5.92 Å². The average Bonchev–Trinajstić information content (AvgIpc) is 2.31. The van der Waals surface area contributed by atoms with Crippen LogP contribution in [0.25, 0.3) is 0 Å². The first kappa shape index (κ1) is 16.0. The number of ether oxygens (including phenoxy) is 1. The van der Waals surface area contributed by atoms with Gasteiger partial charge in [-0.1, -0.05) is 19.9 Å². The molecule has 0 spiro atoms. The van der Waals surface area contributed by atoms with Crippen molar-refractivity contribution in [3.63, 3.8) is 0 Å². The second-order valence-electron chi connectivity index (χ2n) is 5.72. The number of hydrogen-bond donors (Lipinski definition) is 2. The summed E-state index contributed by atoms with van der Waals surface area (Å²) in [5.41, 5.74) is 3.56. The number of nitrogens with one attached hydrogen (secondary N) is 1. The topological polar surface area (TPSA) is 41.5 Å². The molecular formula is C16H27NO2. The predicted molar refractivity (Wildman–Crippen MR) is 79.9 cm³/mol. The van der Waals surface area contributed by atoms with Gasteiger partial charge in [-0.25, -0.2) is 0 Å². The van der Waals surface area contributed by atoms with Gasteiger partial charge in [0.1, 0.15) is 18.5 Å². The molecule has 3 nitrogen and oxygen atoms in total. The van der Waals surface area contributed by atoms with E-state index in [-0.39, 0.29) is 0 Å². The van der Waals surface area contributed by atoms with Crippen LogP contribution in [0.1, 0.15) is 30.5 Å². The van der Waals surface area contributed by atoms with Gasteiger partial charge < -0.3 is 15.2 Å². The lowest BCUT2D eigenvalue weighted by molar-refractivity contribution is 0.105. The number of aliphatic hydroxyl groups is 1. The smallest absolute Gasteiger partial charge is 0.122 e. The summed E-state index contributed by atoms with van der Waals surface area (Å²) >= 11 is 0. The van der Waals surface area contributed by atoms with E-state index in [1.807, 2.05) is 13.0 Å². The van der Waals surface area contributed by atoms with Gasteiger partial charge in [0, 0.05) is 6.54 Å². The van der Waals surface area contributed by atoms with Gasteiger partial charge in [0.25, 0.3) is 0 Å². The number of rotatable bonds is 7. The zero-order valence-corrected chi connectivity index (χ0v) is 12.8. The van der Waals surface area contributed by atoms with Crippen LogP contribution in [0, 0.1) is 26.7 Å². The van der Waals surface area contributed by atoms with E-state index in [9.17, 15) is 5.11 Å². The molecule has 0 aliphatic heterocycles. The molecule has 0 unspecified atom stereocenters. The van der Waals surface area contributed by atoms with Crippen LogP contribution in [-0.4, -0.2) is 30.9 Å². The quantitative estimate of drug-likeness (QED) is 0.796. The molecule has 1 atom stereocenters. The third-order valence-corrected chi connectivity index (χ3v) is 3.13. The van der Waals surface area contributed by atoms with Gasteiger partial charge >= 0.3 is 0 Å². The number of aliphatic hydroxyl groups excluding tert-OH is 1. The Morgan fingerprint density at radius 3 is 2.47 bits per heavy atom. The van der Waals surface area contributed by atoms with Crippen LogP contribution in [-0.2, 0) is 0 Å². The number of aryl methyl sites for hydroxylation is 2. The molecule has 1 aromatic rings. The van der Waals surface area contributed by atoms with Gasteiger partial charge in [-0.2, -0.15) is 0 Å². The summed E-state index contributed by atoms with van der Waals surface area (Å²) in [4.78, 5) is 0. The molecule has 2 N–H and O–H groups in total. The van der Waals surface area contributed by atoms with Crippen LogP contribution in [0.15, 0.2) is 12.1 Å². The highest BCUT2D eigenvalue weighted by molar-refractivity contribution is 5.41. The highest BCUT2D eigenvalue weighted by atomic mass is 16.5. The largest absolute Gasteiger partial charge is 0.491 e. The molecule has 0 aliphatic rings. The summed E-state index contributed by atoms with van der Waals surface area (Å²) in [5.74, 6) is 1.47. The summed E-state index contributed by atoms with van der Waals surface area (Å²) in [6, 6.07) is 4.17. The molecule has 0 radical (unpaired) electrons. The van der Waals surface area contributed by atoms with Crippen LogP contribution in [0.3, 0.4) is 0 Å². The fourth-order valence-electron chi connectivity index (χ4n) is 1.93. The first-order chi connectivity index (χ1) is 8.90. The lowest BCUT2D eigenvalue weighted by Crippen LogP contribution is -2.33. The Kier molecular flexibility index (Phi) is 6.32. The van der Waals surface area contributed by atoms with Crippen molar-refractivity contribution in [2.75, 3.05) is 19.7 Å². The van der Waals surface area contributed by atoms with Crippen LogP contribution >= 0.6 is 0 Å². The molecule has 0 aromatic heterocycles.